The van der Waals surface area contributed by atoms with Gasteiger partial charge in [0.15, 0.2) is 5.82 Å². The maximum atomic E-state index is 6.22. The molecule has 0 spiro atoms. The van der Waals surface area contributed by atoms with Gasteiger partial charge in [0.2, 0.25) is 0 Å². The first-order chi connectivity index (χ1) is 9.26. The van der Waals surface area contributed by atoms with Gasteiger partial charge in [-0.2, -0.15) is 4.98 Å². The molecule has 5 heteroatoms. The van der Waals surface area contributed by atoms with E-state index in [1.807, 2.05) is 12.1 Å². The van der Waals surface area contributed by atoms with Gasteiger partial charge in [-0.1, -0.05) is 23.4 Å². The molecule has 19 heavy (non-hydrogen) atoms. The van der Waals surface area contributed by atoms with Crippen LogP contribution in [0.25, 0.3) is 21.5 Å². The molecule has 0 amide bonds. The fourth-order valence-electron chi connectivity index (χ4n) is 2.46. The van der Waals surface area contributed by atoms with Crippen LogP contribution in [0.4, 0.5) is 0 Å². The van der Waals surface area contributed by atoms with E-state index in [9.17, 15) is 0 Å². The van der Waals surface area contributed by atoms with E-state index in [0.29, 0.717) is 11.7 Å². The summed E-state index contributed by atoms with van der Waals surface area (Å²) in [5.41, 5.74) is 6.86. The zero-order valence-electron chi connectivity index (χ0n) is 10.3. The van der Waals surface area contributed by atoms with Crippen LogP contribution in [0, 0.1) is 0 Å². The predicted molar refractivity (Wildman–Crippen MR) is 74.8 cm³/mol. The number of hydrogen-bond acceptors (Lipinski definition) is 5. The van der Waals surface area contributed by atoms with Crippen molar-refractivity contribution in [1.29, 1.82) is 0 Å². The van der Waals surface area contributed by atoms with E-state index in [-0.39, 0.29) is 5.54 Å². The van der Waals surface area contributed by atoms with Gasteiger partial charge in [-0.3, -0.25) is 0 Å². The zero-order chi connectivity index (χ0) is 12.9. The van der Waals surface area contributed by atoms with Crippen molar-refractivity contribution in [3.63, 3.8) is 0 Å². The molecule has 2 aromatic heterocycles. The fourth-order valence-corrected chi connectivity index (χ4v) is 3.39. The summed E-state index contributed by atoms with van der Waals surface area (Å²) in [5, 5.41) is 7.28. The Balaban J connectivity index is 1.80. The second kappa shape index (κ2) is 3.88. The van der Waals surface area contributed by atoms with Gasteiger partial charge < -0.3 is 10.3 Å². The van der Waals surface area contributed by atoms with Crippen molar-refractivity contribution in [3.05, 3.63) is 35.5 Å². The second-order valence-corrected chi connectivity index (χ2v) is 5.99. The molecule has 1 saturated carbocycles. The Hall–Kier alpha value is -1.72. The molecule has 1 fully saturated rings. The lowest BCUT2D eigenvalue weighted by Gasteiger charge is -2.34. The number of rotatable bonds is 2. The van der Waals surface area contributed by atoms with E-state index >= 15 is 0 Å². The number of benzene rings is 1. The quantitative estimate of drug-likeness (QED) is 0.776. The lowest BCUT2D eigenvalue weighted by Crippen LogP contribution is -2.44. The number of aromatic nitrogens is 2. The molecule has 0 saturated heterocycles. The first kappa shape index (κ1) is 11.1. The monoisotopic (exact) mass is 271 g/mol. The summed E-state index contributed by atoms with van der Waals surface area (Å²) in [4.78, 5) is 4.50. The highest BCUT2D eigenvalue weighted by Gasteiger charge is 2.39. The van der Waals surface area contributed by atoms with Crippen LogP contribution in [0.15, 0.2) is 34.2 Å². The Morgan fingerprint density at radius 2 is 2.11 bits per heavy atom. The maximum absolute atomic E-state index is 6.22. The van der Waals surface area contributed by atoms with Gasteiger partial charge in [0.1, 0.15) is 0 Å². The average Bonchev–Trinajstić information content (AvgIpc) is 3.02. The number of thiophene rings is 1. The first-order valence-electron chi connectivity index (χ1n) is 6.36. The molecule has 4 nitrogen and oxygen atoms in total. The van der Waals surface area contributed by atoms with Crippen LogP contribution in [0.2, 0.25) is 0 Å². The largest absolute Gasteiger partial charge is 0.334 e. The zero-order valence-corrected chi connectivity index (χ0v) is 11.1. The third-order valence-electron chi connectivity index (χ3n) is 3.83. The molecule has 96 valence electrons. The molecule has 0 bridgehead atoms. The Labute approximate surface area is 114 Å². The van der Waals surface area contributed by atoms with E-state index in [0.717, 1.165) is 30.2 Å². The molecule has 2 heterocycles. The summed E-state index contributed by atoms with van der Waals surface area (Å²) >= 11 is 1.69. The first-order valence-corrected chi connectivity index (χ1v) is 7.24. The molecule has 2 N–H and O–H groups in total. The summed E-state index contributed by atoms with van der Waals surface area (Å²) in [6, 6.07) is 8.22. The molecule has 0 aliphatic heterocycles. The van der Waals surface area contributed by atoms with Crippen LogP contribution in [-0.4, -0.2) is 10.1 Å². The van der Waals surface area contributed by atoms with Gasteiger partial charge >= 0.3 is 0 Å². The molecule has 0 atom stereocenters. The summed E-state index contributed by atoms with van der Waals surface area (Å²) in [6.07, 6.45) is 3.02. The van der Waals surface area contributed by atoms with Crippen LogP contribution in [0.5, 0.6) is 0 Å². The molecule has 0 unspecified atom stereocenters. The number of nitrogens with two attached hydrogens (primary N) is 1. The van der Waals surface area contributed by atoms with Crippen molar-refractivity contribution >= 4 is 21.4 Å². The lowest BCUT2D eigenvalue weighted by molar-refractivity contribution is 0.229. The van der Waals surface area contributed by atoms with Crippen LogP contribution >= 0.6 is 11.3 Å². The van der Waals surface area contributed by atoms with Gasteiger partial charge in [0.25, 0.3) is 5.89 Å². The van der Waals surface area contributed by atoms with Crippen molar-refractivity contribution in [3.8, 4) is 11.5 Å². The maximum Gasteiger partial charge on any atom is 0.259 e. The second-order valence-electron chi connectivity index (χ2n) is 5.08. The topological polar surface area (TPSA) is 64.9 Å². The van der Waals surface area contributed by atoms with E-state index in [4.69, 9.17) is 10.3 Å². The van der Waals surface area contributed by atoms with Crippen LogP contribution < -0.4 is 5.73 Å². The Morgan fingerprint density at radius 3 is 2.89 bits per heavy atom. The number of nitrogens with zero attached hydrogens (tertiary/aromatic N) is 2. The van der Waals surface area contributed by atoms with E-state index < -0.39 is 0 Å². The molecule has 1 aliphatic carbocycles. The van der Waals surface area contributed by atoms with Crippen molar-refractivity contribution in [2.75, 3.05) is 0 Å². The van der Waals surface area contributed by atoms with E-state index in [2.05, 4.69) is 27.7 Å². The SMILES string of the molecule is NC1(c2noc(-c3csc4ccccc34)n2)CCC1. The minimum Gasteiger partial charge on any atom is -0.334 e. The summed E-state index contributed by atoms with van der Waals surface area (Å²) < 4.78 is 6.63. The minimum atomic E-state index is -0.367. The van der Waals surface area contributed by atoms with Gasteiger partial charge in [0, 0.05) is 15.5 Å². The van der Waals surface area contributed by atoms with Gasteiger partial charge in [0.05, 0.1) is 11.1 Å². The number of fused-ring (bicyclic) bond motifs is 1. The van der Waals surface area contributed by atoms with E-state index in [1.54, 1.807) is 11.3 Å². The summed E-state index contributed by atoms with van der Waals surface area (Å²) in [6.45, 7) is 0. The third kappa shape index (κ3) is 1.62. The minimum absolute atomic E-state index is 0.367. The van der Waals surface area contributed by atoms with Gasteiger partial charge in [-0.25, -0.2) is 0 Å². The van der Waals surface area contributed by atoms with Gasteiger partial charge in [-0.15, -0.1) is 11.3 Å². The summed E-state index contributed by atoms with van der Waals surface area (Å²) in [7, 11) is 0. The van der Waals surface area contributed by atoms with E-state index in [1.165, 1.54) is 4.70 Å². The van der Waals surface area contributed by atoms with Crippen molar-refractivity contribution in [2.45, 2.75) is 24.8 Å². The fraction of sp³-hybridized carbons (Fsp3) is 0.286. The Kier molecular flexibility index (Phi) is 2.28. The molecule has 1 aromatic carbocycles. The Bertz CT molecular complexity index is 742. The van der Waals surface area contributed by atoms with Crippen LogP contribution in [0.1, 0.15) is 25.1 Å². The molecular weight excluding hydrogens is 258 g/mol. The Morgan fingerprint density at radius 1 is 1.26 bits per heavy atom. The highest BCUT2D eigenvalue weighted by atomic mass is 32.1. The van der Waals surface area contributed by atoms with Crippen LogP contribution in [0.3, 0.4) is 0 Å². The average molecular weight is 271 g/mol. The normalized spacial score (nSPS) is 17.5. The van der Waals surface area contributed by atoms with Crippen molar-refractivity contribution < 1.29 is 4.52 Å². The molecule has 1 aliphatic rings. The standard InChI is InChI=1S/C14H13N3OS/c15-14(6-3-7-14)13-16-12(18-17-13)10-8-19-11-5-2-1-4-9(10)11/h1-2,4-5,8H,3,6-7,15H2. The third-order valence-corrected chi connectivity index (χ3v) is 4.79. The number of hydrogen-bond donors (Lipinski definition) is 1. The van der Waals surface area contributed by atoms with Crippen LogP contribution in [-0.2, 0) is 5.54 Å². The van der Waals surface area contributed by atoms with Crippen molar-refractivity contribution in [1.82, 2.24) is 10.1 Å². The lowest BCUT2D eigenvalue weighted by atomic mass is 9.77. The molecular formula is C14H13N3OS. The smallest absolute Gasteiger partial charge is 0.259 e. The molecule has 0 radical (unpaired) electrons. The summed E-state index contributed by atoms with van der Waals surface area (Å²) in [5.74, 6) is 1.22. The highest BCUT2D eigenvalue weighted by Crippen LogP contribution is 2.39. The van der Waals surface area contributed by atoms with Gasteiger partial charge in [-0.05, 0) is 25.3 Å². The molecule has 3 aromatic rings. The molecule has 4 rings (SSSR count). The predicted octanol–water partition coefficient (Wildman–Crippen LogP) is 3.29. The highest BCUT2D eigenvalue weighted by molar-refractivity contribution is 7.17. The van der Waals surface area contributed by atoms with Crippen molar-refractivity contribution in [2.24, 2.45) is 5.73 Å².